The second kappa shape index (κ2) is 8.71. The van der Waals surface area contributed by atoms with Gasteiger partial charge in [0.25, 0.3) is 0 Å². The van der Waals surface area contributed by atoms with E-state index in [2.05, 4.69) is 30.4 Å². The molecule has 0 radical (unpaired) electrons. The fraction of sp³-hybridized carbons (Fsp3) is 0.333. The van der Waals surface area contributed by atoms with Gasteiger partial charge >= 0.3 is 0 Å². The van der Waals surface area contributed by atoms with Crippen LogP contribution in [-0.2, 0) is 13.0 Å². The van der Waals surface area contributed by atoms with Crippen molar-refractivity contribution in [3.63, 3.8) is 0 Å². The van der Waals surface area contributed by atoms with Crippen molar-refractivity contribution < 1.29 is 4.74 Å². The average molecular weight is 304 g/mol. The largest absolute Gasteiger partial charge is 0.491 e. The van der Waals surface area contributed by atoms with Gasteiger partial charge in [0, 0.05) is 18.5 Å². The Morgan fingerprint density at radius 1 is 1.05 bits per heavy atom. The van der Waals surface area contributed by atoms with Gasteiger partial charge in [-0.25, -0.2) is 0 Å². The maximum Gasteiger partial charge on any atom is 0.142 e. The van der Waals surface area contributed by atoms with Crippen LogP contribution >= 0.6 is 11.6 Å². The molecule has 2 aromatic rings. The van der Waals surface area contributed by atoms with E-state index in [1.165, 1.54) is 5.56 Å². The summed E-state index contributed by atoms with van der Waals surface area (Å²) in [7, 11) is 0. The van der Waals surface area contributed by atoms with E-state index >= 15 is 0 Å². The van der Waals surface area contributed by atoms with Gasteiger partial charge in [-0.05, 0) is 24.6 Å². The molecule has 0 aliphatic carbocycles. The van der Waals surface area contributed by atoms with Gasteiger partial charge in [0.15, 0.2) is 0 Å². The predicted molar refractivity (Wildman–Crippen MR) is 89.1 cm³/mol. The van der Waals surface area contributed by atoms with Crippen LogP contribution in [0.2, 0.25) is 5.02 Å². The highest BCUT2D eigenvalue weighted by atomic mass is 35.5. The van der Waals surface area contributed by atoms with E-state index in [4.69, 9.17) is 16.3 Å². The molecule has 0 atom stereocenters. The quantitative estimate of drug-likeness (QED) is 0.727. The zero-order valence-corrected chi connectivity index (χ0v) is 13.2. The Hall–Kier alpha value is -1.51. The lowest BCUT2D eigenvalue weighted by atomic mass is 10.1. The van der Waals surface area contributed by atoms with Crippen LogP contribution in [0.3, 0.4) is 0 Å². The normalized spacial score (nSPS) is 10.6. The number of hydrogen-bond donors (Lipinski definition) is 1. The molecule has 0 aliphatic rings. The first-order chi connectivity index (χ1) is 10.3. The van der Waals surface area contributed by atoms with Gasteiger partial charge in [-0.1, -0.05) is 61.0 Å². The number of benzene rings is 2. The second-order valence-corrected chi connectivity index (χ2v) is 5.40. The molecule has 2 rings (SSSR count). The van der Waals surface area contributed by atoms with E-state index in [0.717, 1.165) is 37.2 Å². The molecule has 1 N–H and O–H groups in total. The molecular formula is C18H22ClNO. The second-order valence-electron chi connectivity index (χ2n) is 4.99. The van der Waals surface area contributed by atoms with Gasteiger partial charge in [0.05, 0.1) is 11.6 Å². The van der Waals surface area contributed by atoms with E-state index in [-0.39, 0.29) is 0 Å². The summed E-state index contributed by atoms with van der Waals surface area (Å²) in [5.74, 6) is 0.804. The van der Waals surface area contributed by atoms with Crippen molar-refractivity contribution in [1.29, 1.82) is 0 Å². The van der Waals surface area contributed by atoms with Gasteiger partial charge in [0.2, 0.25) is 0 Å². The van der Waals surface area contributed by atoms with Crippen molar-refractivity contribution >= 4 is 11.6 Å². The van der Waals surface area contributed by atoms with E-state index < -0.39 is 0 Å². The Bertz CT molecular complexity index is 542. The summed E-state index contributed by atoms with van der Waals surface area (Å²) in [6.45, 7) is 4.57. The molecule has 0 saturated carbocycles. The van der Waals surface area contributed by atoms with Crippen LogP contribution in [0.15, 0.2) is 48.5 Å². The number of nitrogens with one attached hydrogen (secondary N) is 1. The Kier molecular flexibility index (Phi) is 6.58. The molecule has 0 heterocycles. The van der Waals surface area contributed by atoms with Crippen LogP contribution in [0, 0.1) is 0 Å². The topological polar surface area (TPSA) is 21.3 Å². The first-order valence-electron chi connectivity index (χ1n) is 7.46. The standard InChI is InChI=1S/C18H22ClNO/c1-2-12-20-14-16-9-6-10-17(19)18(16)21-13-11-15-7-4-3-5-8-15/h3-10,20H,2,11-14H2,1H3. The van der Waals surface area contributed by atoms with Crippen LogP contribution in [0.4, 0.5) is 0 Å². The van der Waals surface area contributed by atoms with E-state index in [1.807, 2.05) is 30.3 Å². The SMILES string of the molecule is CCCNCc1cccc(Cl)c1OCCc1ccccc1. The summed E-state index contributed by atoms with van der Waals surface area (Å²) < 4.78 is 5.93. The Labute approximate surface area is 132 Å². The van der Waals surface area contributed by atoms with Crippen molar-refractivity contribution in [2.24, 2.45) is 0 Å². The third-order valence-electron chi connectivity index (χ3n) is 3.27. The molecule has 2 aromatic carbocycles. The predicted octanol–water partition coefficient (Wildman–Crippen LogP) is 4.46. The Morgan fingerprint density at radius 2 is 1.86 bits per heavy atom. The molecule has 112 valence electrons. The number of hydrogen-bond acceptors (Lipinski definition) is 2. The van der Waals surface area contributed by atoms with Gasteiger partial charge in [-0.2, -0.15) is 0 Å². The molecular weight excluding hydrogens is 282 g/mol. The fourth-order valence-corrected chi connectivity index (χ4v) is 2.42. The summed E-state index contributed by atoms with van der Waals surface area (Å²) >= 11 is 6.27. The Morgan fingerprint density at radius 3 is 2.62 bits per heavy atom. The smallest absolute Gasteiger partial charge is 0.142 e. The number of halogens is 1. The van der Waals surface area contributed by atoms with Crippen LogP contribution in [0.25, 0.3) is 0 Å². The molecule has 3 heteroatoms. The molecule has 0 spiro atoms. The Balaban J connectivity index is 1.94. The van der Waals surface area contributed by atoms with Crippen LogP contribution in [0.1, 0.15) is 24.5 Å². The number of rotatable bonds is 8. The molecule has 2 nitrogen and oxygen atoms in total. The third-order valence-corrected chi connectivity index (χ3v) is 3.57. The summed E-state index contributed by atoms with van der Waals surface area (Å²) in [6.07, 6.45) is 2.00. The molecule has 0 amide bonds. The van der Waals surface area contributed by atoms with Crippen LogP contribution in [0.5, 0.6) is 5.75 Å². The van der Waals surface area contributed by atoms with Crippen LogP contribution in [-0.4, -0.2) is 13.2 Å². The molecule has 0 saturated heterocycles. The summed E-state index contributed by atoms with van der Waals surface area (Å²) in [5, 5.41) is 4.07. The zero-order valence-electron chi connectivity index (χ0n) is 12.4. The number of para-hydroxylation sites is 1. The van der Waals surface area contributed by atoms with Crippen molar-refractivity contribution in [1.82, 2.24) is 5.32 Å². The maximum atomic E-state index is 6.27. The fourth-order valence-electron chi connectivity index (χ4n) is 2.17. The lowest BCUT2D eigenvalue weighted by molar-refractivity contribution is 0.318. The minimum absolute atomic E-state index is 0.633. The van der Waals surface area contributed by atoms with Crippen molar-refractivity contribution in [3.05, 3.63) is 64.7 Å². The van der Waals surface area contributed by atoms with Gasteiger partial charge in [-0.15, -0.1) is 0 Å². The summed E-state index contributed by atoms with van der Waals surface area (Å²) in [6, 6.07) is 16.2. The first-order valence-corrected chi connectivity index (χ1v) is 7.84. The average Bonchev–Trinajstić information content (AvgIpc) is 2.51. The summed E-state index contributed by atoms with van der Waals surface area (Å²) in [5.41, 5.74) is 2.39. The van der Waals surface area contributed by atoms with Crippen molar-refractivity contribution in [2.75, 3.05) is 13.2 Å². The first kappa shape index (κ1) is 15.9. The van der Waals surface area contributed by atoms with E-state index in [1.54, 1.807) is 0 Å². The lowest BCUT2D eigenvalue weighted by Gasteiger charge is -2.13. The molecule has 0 aliphatic heterocycles. The lowest BCUT2D eigenvalue weighted by Crippen LogP contribution is -2.15. The van der Waals surface area contributed by atoms with Gasteiger partial charge in [0.1, 0.15) is 5.75 Å². The monoisotopic (exact) mass is 303 g/mol. The van der Waals surface area contributed by atoms with Gasteiger partial charge in [-0.3, -0.25) is 0 Å². The molecule has 0 fully saturated rings. The highest BCUT2D eigenvalue weighted by Gasteiger charge is 2.08. The maximum absolute atomic E-state index is 6.27. The summed E-state index contributed by atoms with van der Waals surface area (Å²) in [4.78, 5) is 0. The third kappa shape index (κ3) is 5.07. The van der Waals surface area contributed by atoms with Crippen LogP contribution < -0.4 is 10.1 Å². The minimum Gasteiger partial charge on any atom is -0.491 e. The van der Waals surface area contributed by atoms with Gasteiger partial charge < -0.3 is 10.1 Å². The highest BCUT2D eigenvalue weighted by molar-refractivity contribution is 6.32. The molecule has 0 unspecified atom stereocenters. The molecule has 0 aromatic heterocycles. The van der Waals surface area contributed by atoms with E-state index in [9.17, 15) is 0 Å². The number of ether oxygens (including phenoxy) is 1. The van der Waals surface area contributed by atoms with Crippen molar-refractivity contribution in [3.8, 4) is 5.75 Å². The highest BCUT2D eigenvalue weighted by Crippen LogP contribution is 2.28. The van der Waals surface area contributed by atoms with E-state index in [0.29, 0.717) is 11.6 Å². The molecule has 21 heavy (non-hydrogen) atoms. The van der Waals surface area contributed by atoms with Crippen molar-refractivity contribution in [2.45, 2.75) is 26.3 Å². The zero-order chi connectivity index (χ0) is 14.9. The molecule has 0 bridgehead atoms. The minimum atomic E-state index is 0.633.